The molecular weight excluding hydrogens is 282 g/mol. The van der Waals surface area contributed by atoms with Crippen LogP contribution in [0.1, 0.15) is 5.56 Å². The van der Waals surface area contributed by atoms with Gasteiger partial charge >= 0.3 is 5.97 Å². The SMILES string of the molecule is COC(=O)[C@H]1[C@H]2C=C[C@]3(CN(c4cccc(C)c4)C(=O)[C@@H]13)O2. The molecule has 0 unspecified atom stereocenters. The molecule has 2 bridgehead atoms. The van der Waals surface area contributed by atoms with Crippen LogP contribution in [0.2, 0.25) is 0 Å². The summed E-state index contributed by atoms with van der Waals surface area (Å²) in [7, 11) is 1.35. The van der Waals surface area contributed by atoms with Gasteiger partial charge in [0.15, 0.2) is 0 Å². The first-order chi connectivity index (χ1) is 10.6. The Bertz CT molecular complexity index is 698. The Morgan fingerprint density at radius 3 is 3.00 bits per heavy atom. The lowest BCUT2D eigenvalue weighted by atomic mass is 9.77. The molecule has 22 heavy (non-hydrogen) atoms. The van der Waals surface area contributed by atoms with Gasteiger partial charge in [0, 0.05) is 5.69 Å². The highest BCUT2D eigenvalue weighted by Gasteiger charge is 2.67. The number of methoxy groups -OCH3 is 1. The number of amides is 1. The molecule has 5 nitrogen and oxygen atoms in total. The summed E-state index contributed by atoms with van der Waals surface area (Å²) in [6.45, 7) is 2.43. The summed E-state index contributed by atoms with van der Waals surface area (Å²) in [5.41, 5.74) is 1.24. The van der Waals surface area contributed by atoms with Crippen molar-refractivity contribution in [1.82, 2.24) is 0 Å². The molecule has 0 aromatic heterocycles. The Morgan fingerprint density at radius 1 is 1.45 bits per heavy atom. The molecule has 0 radical (unpaired) electrons. The van der Waals surface area contributed by atoms with Gasteiger partial charge in [-0.2, -0.15) is 0 Å². The predicted octanol–water partition coefficient (Wildman–Crippen LogP) is 1.45. The zero-order chi connectivity index (χ0) is 15.5. The number of hydrogen-bond donors (Lipinski definition) is 0. The maximum absolute atomic E-state index is 12.9. The van der Waals surface area contributed by atoms with E-state index in [1.807, 2.05) is 43.3 Å². The smallest absolute Gasteiger partial charge is 0.312 e. The summed E-state index contributed by atoms with van der Waals surface area (Å²) in [6, 6.07) is 7.79. The molecule has 0 saturated carbocycles. The lowest BCUT2D eigenvalue weighted by Gasteiger charge is -2.22. The van der Waals surface area contributed by atoms with Crippen LogP contribution < -0.4 is 4.90 Å². The monoisotopic (exact) mass is 299 g/mol. The van der Waals surface area contributed by atoms with Crippen molar-refractivity contribution >= 4 is 17.6 Å². The molecule has 3 heterocycles. The first kappa shape index (κ1) is 13.5. The number of esters is 1. The van der Waals surface area contributed by atoms with Crippen molar-refractivity contribution in [3.8, 4) is 0 Å². The van der Waals surface area contributed by atoms with Crippen molar-refractivity contribution in [3.05, 3.63) is 42.0 Å². The molecule has 2 saturated heterocycles. The maximum atomic E-state index is 12.9. The fraction of sp³-hybridized carbons (Fsp3) is 0.412. The third-order valence-corrected chi connectivity index (χ3v) is 4.89. The van der Waals surface area contributed by atoms with E-state index in [9.17, 15) is 9.59 Å². The minimum absolute atomic E-state index is 0.0622. The molecule has 1 spiro atoms. The van der Waals surface area contributed by atoms with Gasteiger partial charge in [-0.05, 0) is 24.6 Å². The van der Waals surface area contributed by atoms with Crippen LogP contribution in [0.5, 0.6) is 0 Å². The number of aryl methyl sites for hydroxylation is 1. The molecule has 0 aliphatic carbocycles. The van der Waals surface area contributed by atoms with Gasteiger partial charge in [-0.3, -0.25) is 9.59 Å². The summed E-state index contributed by atoms with van der Waals surface area (Å²) in [6.07, 6.45) is 3.47. The molecule has 5 heteroatoms. The van der Waals surface area contributed by atoms with Crippen molar-refractivity contribution in [1.29, 1.82) is 0 Å². The van der Waals surface area contributed by atoms with E-state index in [1.54, 1.807) is 4.90 Å². The largest absolute Gasteiger partial charge is 0.469 e. The summed E-state index contributed by atoms with van der Waals surface area (Å²) in [5.74, 6) is -1.47. The van der Waals surface area contributed by atoms with E-state index in [0.717, 1.165) is 11.3 Å². The molecule has 1 aromatic rings. The van der Waals surface area contributed by atoms with E-state index < -0.39 is 17.4 Å². The minimum atomic E-state index is -0.690. The number of carbonyl (C=O) groups is 2. The molecule has 4 rings (SSSR count). The number of hydrogen-bond acceptors (Lipinski definition) is 4. The van der Waals surface area contributed by atoms with Gasteiger partial charge in [-0.15, -0.1) is 0 Å². The Balaban J connectivity index is 1.73. The molecule has 4 atom stereocenters. The lowest BCUT2D eigenvalue weighted by Crippen LogP contribution is -2.39. The molecule has 3 aliphatic heterocycles. The molecule has 0 N–H and O–H groups in total. The predicted molar refractivity (Wildman–Crippen MR) is 79.3 cm³/mol. The van der Waals surface area contributed by atoms with E-state index in [4.69, 9.17) is 9.47 Å². The van der Waals surface area contributed by atoms with E-state index in [-0.39, 0.29) is 18.0 Å². The molecular formula is C17H17NO4. The van der Waals surface area contributed by atoms with E-state index in [1.165, 1.54) is 7.11 Å². The van der Waals surface area contributed by atoms with Crippen molar-refractivity contribution in [2.75, 3.05) is 18.6 Å². The summed E-state index contributed by atoms with van der Waals surface area (Å²) >= 11 is 0. The summed E-state index contributed by atoms with van der Waals surface area (Å²) in [5, 5.41) is 0. The fourth-order valence-electron chi connectivity index (χ4n) is 3.92. The first-order valence-electron chi connectivity index (χ1n) is 7.39. The molecule has 114 valence electrons. The highest BCUT2D eigenvalue weighted by molar-refractivity contribution is 6.02. The molecule has 2 fully saturated rings. The Labute approximate surface area is 128 Å². The Morgan fingerprint density at radius 2 is 2.27 bits per heavy atom. The highest BCUT2D eigenvalue weighted by Crippen LogP contribution is 2.52. The number of fused-ring (bicyclic) bond motifs is 1. The zero-order valence-corrected chi connectivity index (χ0v) is 12.5. The van der Waals surface area contributed by atoms with Crippen molar-refractivity contribution in [2.24, 2.45) is 11.8 Å². The van der Waals surface area contributed by atoms with Crippen molar-refractivity contribution in [2.45, 2.75) is 18.6 Å². The second-order valence-corrected chi connectivity index (χ2v) is 6.19. The topological polar surface area (TPSA) is 55.8 Å². The van der Waals surface area contributed by atoms with Gasteiger partial charge < -0.3 is 14.4 Å². The molecule has 3 aliphatic rings. The zero-order valence-electron chi connectivity index (χ0n) is 12.5. The average molecular weight is 299 g/mol. The van der Waals surface area contributed by atoms with Crippen LogP contribution in [0.25, 0.3) is 0 Å². The second kappa shape index (κ2) is 4.43. The van der Waals surface area contributed by atoms with Crippen LogP contribution in [-0.4, -0.2) is 37.2 Å². The van der Waals surface area contributed by atoms with Crippen LogP contribution in [0.4, 0.5) is 5.69 Å². The standard InChI is InChI=1S/C17H17NO4/c1-10-4-3-5-11(8-10)18-9-17-7-6-12(22-17)13(16(20)21-2)14(17)15(18)19/h3-8,12-14H,9H2,1-2H3/t12-,13+,14-,17-/m1/s1. The lowest BCUT2D eigenvalue weighted by molar-refractivity contribution is -0.149. The van der Waals surface area contributed by atoms with Crippen LogP contribution >= 0.6 is 0 Å². The number of ether oxygens (including phenoxy) is 2. The third kappa shape index (κ3) is 1.63. The molecule has 1 amide bonds. The van der Waals surface area contributed by atoms with Gasteiger partial charge in [-0.25, -0.2) is 0 Å². The highest BCUT2D eigenvalue weighted by atomic mass is 16.5. The number of carbonyl (C=O) groups excluding carboxylic acids is 2. The fourth-order valence-corrected chi connectivity index (χ4v) is 3.92. The van der Waals surface area contributed by atoms with Gasteiger partial charge in [0.05, 0.1) is 25.7 Å². The maximum Gasteiger partial charge on any atom is 0.312 e. The Kier molecular flexibility index (Phi) is 2.72. The normalized spacial score (nSPS) is 35.1. The Hall–Kier alpha value is -2.14. The number of benzene rings is 1. The van der Waals surface area contributed by atoms with Gasteiger partial charge in [0.25, 0.3) is 0 Å². The van der Waals surface area contributed by atoms with Crippen LogP contribution in [-0.2, 0) is 19.1 Å². The van der Waals surface area contributed by atoms with Crippen LogP contribution in [0.15, 0.2) is 36.4 Å². The number of rotatable bonds is 2. The van der Waals surface area contributed by atoms with Crippen LogP contribution in [0, 0.1) is 18.8 Å². The van der Waals surface area contributed by atoms with E-state index in [2.05, 4.69) is 0 Å². The quantitative estimate of drug-likeness (QED) is 0.613. The number of nitrogens with zero attached hydrogens (tertiary/aromatic N) is 1. The first-order valence-corrected chi connectivity index (χ1v) is 7.39. The third-order valence-electron chi connectivity index (χ3n) is 4.89. The van der Waals surface area contributed by atoms with Crippen molar-refractivity contribution in [3.63, 3.8) is 0 Å². The van der Waals surface area contributed by atoms with Crippen molar-refractivity contribution < 1.29 is 19.1 Å². The summed E-state index contributed by atoms with van der Waals surface area (Å²) < 4.78 is 10.9. The second-order valence-electron chi connectivity index (χ2n) is 6.19. The van der Waals surface area contributed by atoms with Crippen LogP contribution in [0.3, 0.4) is 0 Å². The number of anilines is 1. The van der Waals surface area contributed by atoms with Gasteiger partial charge in [0.1, 0.15) is 11.5 Å². The van der Waals surface area contributed by atoms with E-state index >= 15 is 0 Å². The van der Waals surface area contributed by atoms with E-state index in [0.29, 0.717) is 6.54 Å². The average Bonchev–Trinajstić information content (AvgIpc) is 3.15. The van der Waals surface area contributed by atoms with Gasteiger partial charge in [-0.1, -0.05) is 24.3 Å². The summed E-state index contributed by atoms with van der Waals surface area (Å²) in [4.78, 5) is 26.7. The molecule has 1 aromatic carbocycles. The minimum Gasteiger partial charge on any atom is -0.469 e. The van der Waals surface area contributed by atoms with Gasteiger partial charge in [0.2, 0.25) is 5.91 Å².